The van der Waals surface area contributed by atoms with Gasteiger partial charge in [-0.1, -0.05) is 12.1 Å². The van der Waals surface area contributed by atoms with Gasteiger partial charge in [-0.05, 0) is 25.0 Å². The first-order chi connectivity index (χ1) is 8.25. The molecule has 2 aromatic rings. The molecule has 3 rings (SSSR count). The van der Waals surface area contributed by atoms with E-state index in [-0.39, 0.29) is 12.0 Å². The Kier molecular flexibility index (Phi) is 2.40. The predicted octanol–water partition coefficient (Wildman–Crippen LogP) is 1.88. The highest BCUT2D eigenvalue weighted by atomic mass is 19.1. The van der Waals surface area contributed by atoms with Gasteiger partial charge in [0.15, 0.2) is 5.82 Å². The number of nitrogens with two attached hydrogens (primary N) is 1. The number of benzene rings is 1. The van der Waals surface area contributed by atoms with Crippen LogP contribution in [0.3, 0.4) is 0 Å². The standard InChI is InChI=1S/C12H13FN4/c13-9-5-2-1-4-8(9)12-15-11-7-3-6-10(14)17(11)16-12/h1-2,4-5,10H,3,6-7,14H2. The van der Waals surface area contributed by atoms with E-state index in [1.807, 2.05) is 0 Å². The smallest absolute Gasteiger partial charge is 0.184 e. The molecule has 0 saturated carbocycles. The number of hydrogen-bond acceptors (Lipinski definition) is 3. The SMILES string of the molecule is NC1CCCc2nc(-c3ccccc3F)nn21. The van der Waals surface area contributed by atoms with Crippen LogP contribution in [0, 0.1) is 5.82 Å². The zero-order valence-electron chi connectivity index (χ0n) is 9.31. The van der Waals surface area contributed by atoms with E-state index < -0.39 is 0 Å². The summed E-state index contributed by atoms with van der Waals surface area (Å²) >= 11 is 0. The minimum absolute atomic E-state index is 0.133. The molecule has 1 aliphatic heterocycles. The summed E-state index contributed by atoms with van der Waals surface area (Å²) in [6, 6.07) is 6.52. The molecule has 0 saturated heterocycles. The van der Waals surface area contributed by atoms with E-state index >= 15 is 0 Å². The van der Waals surface area contributed by atoms with Crippen molar-refractivity contribution in [2.75, 3.05) is 0 Å². The van der Waals surface area contributed by atoms with Crippen LogP contribution >= 0.6 is 0 Å². The summed E-state index contributed by atoms with van der Waals surface area (Å²) in [5.41, 5.74) is 6.37. The first-order valence-electron chi connectivity index (χ1n) is 5.71. The molecule has 1 unspecified atom stereocenters. The number of hydrogen-bond donors (Lipinski definition) is 1. The fourth-order valence-corrected chi connectivity index (χ4v) is 2.14. The van der Waals surface area contributed by atoms with E-state index in [1.54, 1.807) is 22.9 Å². The monoisotopic (exact) mass is 232 g/mol. The Labute approximate surface area is 98.3 Å². The molecular weight excluding hydrogens is 219 g/mol. The highest BCUT2D eigenvalue weighted by Gasteiger charge is 2.21. The van der Waals surface area contributed by atoms with Gasteiger partial charge >= 0.3 is 0 Å². The van der Waals surface area contributed by atoms with Crippen molar-refractivity contribution < 1.29 is 4.39 Å². The van der Waals surface area contributed by atoms with E-state index in [2.05, 4.69) is 10.1 Å². The van der Waals surface area contributed by atoms with E-state index in [1.165, 1.54) is 6.07 Å². The molecule has 0 spiro atoms. The van der Waals surface area contributed by atoms with Crippen LogP contribution in [0.4, 0.5) is 4.39 Å². The molecule has 1 aliphatic rings. The largest absolute Gasteiger partial charge is 0.310 e. The van der Waals surface area contributed by atoms with Crippen LogP contribution in [0.15, 0.2) is 24.3 Å². The third-order valence-corrected chi connectivity index (χ3v) is 3.03. The number of halogens is 1. The van der Waals surface area contributed by atoms with Crippen molar-refractivity contribution >= 4 is 0 Å². The fourth-order valence-electron chi connectivity index (χ4n) is 2.14. The number of aryl methyl sites for hydroxylation is 1. The summed E-state index contributed by atoms with van der Waals surface area (Å²) in [6.45, 7) is 0. The molecule has 0 radical (unpaired) electrons. The summed E-state index contributed by atoms with van der Waals surface area (Å²) in [5.74, 6) is 0.974. The second kappa shape index (κ2) is 3.92. The molecule has 1 aromatic heterocycles. The second-order valence-electron chi connectivity index (χ2n) is 4.24. The molecule has 2 N–H and O–H groups in total. The summed E-state index contributed by atoms with van der Waals surface area (Å²) < 4.78 is 15.3. The Morgan fingerprint density at radius 1 is 1.35 bits per heavy atom. The van der Waals surface area contributed by atoms with E-state index in [0.717, 1.165) is 25.1 Å². The first kappa shape index (κ1) is 10.4. The fraction of sp³-hybridized carbons (Fsp3) is 0.333. The molecular formula is C12H13FN4. The van der Waals surface area contributed by atoms with Crippen LogP contribution < -0.4 is 5.73 Å². The zero-order valence-corrected chi connectivity index (χ0v) is 9.31. The maximum absolute atomic E-state index is 13.6. The highest BCUT2D eigenvalue weighted by Crippen LogP contribution is 2.24. The predicted molar refractivity (Wildman–Crippen MR) is 61.6 cm³/mol. The molecule has 2 heterocycles. The molecule has 0 fully saturated rings. The quantitative estimate of drug-likeness (QED) is 0.816. The van der Waals surface area contributed by atoms with Gasteiger partial charge in [-0.2, -0.15) is 0 Å². The molecule has 4 nitrogen and oxygen atoms in total. The molecule has 0 aliphatic carbocycles. The van der Waals surface area contributed by atoms with Gasteiger partial charge in [0.05, 0.1) is 5.56 Å². The highest BCUT2D eigenvalue weighted by molar-refractivity contribution is 5.55. The third-order valence-electron chi connectivity index (χ3n) is 3.03. The number of aromatic nitrogens is 3. The Bertz CT molecular complexity index is 549. The molecule has 17 heavy (non-hydrogen) atoms. The lowest BCUT2D eigenvalue weighted by molar-refractivity contribution is 0.373. The summed E-state index contributed by atoms with van der Waals surface area (Å²) in [7, 11) is 0. The Hall–Kier alpha value is -1.75. The van der Waals surface area contributed by atoms with E-state index in [9.17, 15) is 4.39 Å². The molecule has 0 amide bonds. The average molecular weight is 232 g/mol. The van der Waals surface area contributed by atoms with Crippen LogP contribution in [0.5, 0.6) is 0 Å². The average Bonchev–Trinajstić information content (AvgIpc) is 2.75. The molecule has 0 bridgehead atoms. The van der Waals surface area contributed by atoms with Crippen molar-refractivity contribution in [3.8, 4) is 11.4 Å². The minimum atomic E-state index is -0.302. The van der Waals surface area contributed by atoms with Crippen molar-refractivity contribution in [2.24, 2.45) is 5.73 Å². The van der Waals surface area contributed by atoms with Gasteiger partial charge in [-0.15, -0.1) is 5.10 Å². The van der Waals surface area contributed by atoms with Gasteiger partial charge in [0, 0.05) is 6.42 Å². The van der Waals surface area contributed by atoms with Gasteiger partial charge in [-0.3, -0.25) is 0 Å². The Morgan fingerprint density at radius 3 is 2.94 bits per heavy atom. The van der Waals surface area contributed by atoms with Crippen LogP contribution in [-0.4, -0.2) is 14.8 Å². The van der Waals surface area contributed by atoms with Gasteiger partial charge in [0.2, 0.25) is 0 Å². The lowest BCUT2D eigenvalue weighted by atomic mass is 10.1. The summed E-state index contributed by atoms with van der Waals surface area (Å²) in [5, 5.41) is 4.30. The molecule has 5 heteroatoms. The van der Waals surface area contributed by atoms with Crippen molar-refractivity contribution in [2.45, 2.75) is 25.4 Å². The second-order valence-corrected chi connectivity index (χ2v) is 4.24. The number of rotatable bonds is 1. The number of nitrogens with zero attached hydrogens (tertiary/aromatic N) is 3. The van der Waals surface area contributed by atoms with Crippen molar-refractivity contribution in [1.29, 1.82) is 0 Å². The van der Waals surface area contributed by atoms with E-state index in [0.29, 0.717) is 11.4 Å². The topological polar surface area (TPSA) is 56.7 Å². The van der Waals surface area contributed by atoms with Gasteiger partial charge in [0.1, 0.15) is 17.8 Å². The maximum Gasteiger partial charge on any atom is 0.184 e. The van der Waals surface area contributed by atoms with Crippen LogP contribution in [-0.2, 0) is 6.42 Å². The van der Waals surface area contributed by atoms with E-state index in [4.69, 9.17) is 5.73 Å². The lowest BCUT2D eigenvalue weighted by Crippen LogP contribution is -2.25. The molecule has 1 atom stereocenters. The van der Waals surface area contributed by atoms with Crippen molar-refractivity contribution in [3.05, 3.63) is 35.9 Å². The van der Waals surface area contributed by atoms with Crippen molar-refractivity contribution in [3.63, 3.8) is 0 Å². The van der Waals surface area contributed by atoms with Gasteiger partial charge in [0.25, 0.3) is 0 Å². The van der Waals surface area contributed by atoms with Gasteiger partial charge < -0.3 is 5.73 Å². The maximum atomic E-state index is 13.6. The lowest BCUT2D eigenvalue weighted by Gasteiger charge is -2.18. The van der Waals surface area contributed by atoms with Crippen LogP contribution in [0.25, 0.3) is 11.4 Å². The van der Waals surface area contributed by atoms with Gasteiger partial charge in [-0.25, -0.2) is 14.1 Å². The molecule has 1 aromatic carbocycles. The number of fused-ring (bicyclic) bond motifs is 1. The minimum Gasteiger partial charge on any atom is -0.310 e. The Balaban J connectivity index is 2.08. The summed E-state index contributed by atoms with van der Waals surface area (Å²) in [6.07, 6.45) is 2.63. The van der Waals surface area contributed by atoms with Crippen LogP contribution in [0.1, 0.15) is 24.8 Å². The van der Waals surface area contributed by atoms with Crippen molar-refractivity contribution in [1.82, 2.24) is 14.8 Å². The first-order valence-corrected chi connectivity index (χ1v) is 5.71. The Morgan fingerprint density at radius 2 is 2.18 bits per heavy atom. The zero-order chi connectivity index (χ0) is 11.8. The molecule has 88 valence electrons. The van der Waals surface area contributed by atoms with Crippen LogP contribution in [0.2, 0.25) is 0 Å². The third kappa shape index (κ3) is 1.72. The normalized spacial score (nSPS) is 19.1. The summed E-state index contributed by atoms with van der Waals surface area (Å²) in [4.78, 5) is 4.36.